The number of rotatable bonds is 4. The fraction of sp³-hybridized carbons (Fsp3) is 0.438. The first-order chi connectivity index (χ1) is 9.26. The highest BCUT2D eigenvalue weighted by atomic mass is 16.2. The molecule has 0 atom stereocenters. The molecule has 3 heteroatoms. The summed E-state index contributed by atoms with van der Waals surface area (Å²) in [5, 5.41) is 3.33. The lowest BCUT2D eigenvalue weighted by Crippen LogP contribution is -2.32. The Labute approximate surface area is 115 Å². The maximum Gasteiger partial charge on any atom is 0.254 e. The number of benzene rings is 1. The van der Waals surface area contributed by atoms with Gasteiger partial charge in [-0.3, -0.25) is 4.79 Å². The molecule has 0 aliphatic carbocycles. The Morgan fingerprint density at radius 1 is 1.47 bits per heavy atom. The zero-order chi connectivity index (χ0) is 13.7. The Morgan fingerprint density at radius 2 is 2.32 bits per heavy atom. The van der Waals surface area contributed by atoms with Crippen LogP contribution in [-0.2, 0) is 13.0 Å². The molecule has 19 heavy (non-hydrogen) atoms. The van der Waals surface area contributed by atoms with Crippen molar-refractivity contribution in [3.05, 3.63) is 34.9 Å². The number of hydrogen-bond acceptors (Lipinski definition) is 2. The fourth-order valence-corrected chi connectivity index (χ4v) is 2.43. The molecule has 1 aliphatic rings. The molecule has 0 saturated heterocycles. The summed E-state index contributed by atoms with van der Waals surface area (Å²) >= 11 is 0. The van der Waals surface area contributed by atoms with Gasteiger partial charge >= 0.3 is 0 Å². The van der Waals surface area contributed by atoms with Crippen LogP contribution in [-0.4, -0.2) is 30.4 Å². The SMILES string of the molecule is C#CCN(CCC)C(=O)c1ccc2c(c1)CNCC2. The summed E-state index contributed by atoms with van der Waals surface area (Å²) in [6, 6.07) is 6.00. The van der Waals surface area contributed by atoms with Gasteiger partial charge in [0.15, 0.2) is 0 Å². The lowest BCUT2D eigenvalue weighted by molar-refractivity contribution is 0.0776. The summed E-state index contributed by atoms with van der Waals surface area (Å²) in [6.07, 6.45) is 7.28. The first-order valence-electron chi connectivity index (χ1n) is 6.81. The van der Waals surface area contributed by atoms with Crippen molar-refractivity contribution < 1.29 is 4.79 Å². The van der Waals surface area contributed by atoms with Crippen LogP contribution >= 0.6 is 0 Å². The zero-order valence-corrected chi connectivity index (χ0v) is 11.4. The highest BCUT2D eigenvalue weighted by Crippen LogP contribution is 2.17. The quantitative estimate of drug-likeness (QED) is 0.833. The van der Waals surface area contributed by atoms with Gasteiger partial charge in [-0.2, -0.15) is 0 Å². The van der Waals surface area contributed by atoms with Crippen LogP contribution < -0.4 is 5.32 Å². The van der Waals surface area contributed by atoms with E-state index in [1.165, 1.54) is 11.1 Å². The van der Waals surface area contributed by atoms with Gasteiger partial charge in [0, 0.05) is 18.7 Å². The van der Waals surface area contributed by atoms with Gasteiger partial charge in [-0.25, -0.2) is 0 Å². The molecular formula is C16H20N2O. The van der Waals surface area contributed by atoms with E-state index < -0.39 is 0 Å². The number of terminal acetylenes is 1. The van der Waals surface area contributed by atoms with E-state index in [1.807, 2.05) is 19.1 Å². The molecule has 0 spiro atoms. The van der Waals surface area contributed by atoms with Crippen LogP contribution in [0, 0.1) is 12.3 Å². The lowest BCUT2D eigenvalue weighted by atomic mass is 9.98. The first kappa shape index (κ1) is 13.6. The van der Waals surface area contributed by atoms with E-state index in [1.54, 1.807) is 4.90 Å². The van der Waals surface area contributed by atoms with E-state index in [0.29, 0.717) is 13.1 Å². The average Bonchev–Trinajstić information content (AvgIpc) is 2.46. The minimum atomic E-state index is 0.0353. The van der Waals surface area contributed by atoms with Gasteiger partial charge < -0.3 is 10.2 Å². The smallest absolute Gasteiger partial charge is 0.254 e. The maximum absolute atomic E-state index is 12.4. The molecule has 1 aliphatic heterocycles. The first-order valence-corrected chi connectivity index (χ1v) is 6.81. The van der Waals surface area contributed by atoms with Gasteiger partial charge in [-0.1, -0.05) is 18.9 Å². The van der Waals surface area contributed by atoms with E-state index in [9.17, 15) is 4.79 Å². The Hall–Kier alpha value is -1.79. The van der Waals surface area contributed by atoms with Crippen LogP contribution in [0.3, 0.4) is 0 Å². The third kappa shape index (κ3) is 3.15. The number of nitrogens with zero attached hydrogens (tertiary/aromatic N) is 1. The topological polar surface area (TPSA) is 32.3 Å². The lowest BCUT2D eigenvalue weighted by Gasteiger charge is -2.22. The Morgan fingerprint density at radius 3 is 3.05 bits per heavy atom. The second-order valence-corrected chi connectivity index (χ2v) is 4.84. The summed E-state index contributed by atoms with van der Waals surface area (Å²) in [4.78, 5) is 14.2. The molecule has 0 aromatic heterocycles. The van der Waals surface area contributed by atoms with Gasteiger partial charge in [0.2, 0.25) is 0 Å². The van der Waals surface area contributed by atoms with Crippen molar-refractivity contribution in [2.45, 2.75) is 26.3 Å². The van der Waals surface area contributed by atoms with Crippen molar-refractivity contribution in [2.75, 3.05) is 19.6 Å². The monoisotopic (exact) mass is 256 g/mol. The summed E-state index contributed by atoms with van der Waals surface area (Å²) in [6.45, 7) is 4.99. The number of hydrogen-bond donors (Lipinski definition) is 1. The van der Waals surface area contributed by atoms with Crippen molar-refractivity contribution in [3.63, 3.8) is 0 Å². The van der Waals surface area contributed by atoms with Gasteiger partial charge in [0.05, 0.1) is 6.54 Å². The fourth-order valence-electron chi connectivity index (χ4n) is 2.43. The van der Waals surface area contributed by atoms with Crippen molar-refractivity contribution in [2.24, 2.45) is 0 Å². The van der Waals surface area contributed by atoms with Crippen LogP contribution in [0.25, 0.3) is 0 Å². The molecule has 2 rings (SSSR count). The average molecular weight is 256 g/mol. The maximum atomic E-state index is 12.4. The van der Waals surface area contributed by atoms with E-state index in [-0.39, 0.29) is 5.91 Å². The summed E-state index contributed by atoms with van der Waals surface area (Å²) < 4.78 is 0. The summed E-state index contributed by atoms with van der Waals surface area (Å²) in [5.74, 6) is 2.59. The molecule has 0 radical (unpaired) electrons. The summed E-state index contributed by atoms with van der Waals surface area (Å²) in [5.41, 5.74) is 3.31. The van der Waals surface area contributed by atoms with Crippen molar-refractivity contribution in [3.8, 4) is 12.3 Å². The summed E-state index contributed by atoms with van der Waals surface area (Å²) in [7, 11) is 0. The Balaban J connectivity index is 2.20. The predicted molar refractivity (Wildman–Crippen MR) is 76.9 cm³/mol. The van der Waals surface area contributed by atoms with Crippen molar-refractivity contribution >= 4 is 5.91 Å². The second kappa shape index (κ2) is 6.40. The van der Waals surface area contributed by atoms with Crippen LogP contribution in [0.4, 0.5) is 0 Å². The number of carbonyl (C=O) groups is 1. The van der Waals surface area contributed by atoms with Crippen LogP contribution in [0.2, 0.25) is 0 Å². The molecule has 1 aromatic carbocycles. The molecule has 100 valence electrons. The molecule has 1 aromatic rings. The van der Waals surface area contributed by atoms with Crippen LogP contribution in [0.15, 0.2) is 18.2 Å². The number of fused-ring (bicyclic) bond motifs is 1. The molecule has 0 unspecified atom stereocenters. The van der Waals surface area contributed by atoms with Gasteiger partial charge in [-0.15, -0.1) is 6.42 Å². The third-order valence-electron chi connectivity index (χ3n) is 3.40. The molecule has 0 fully saturated rings. The predicted octanol–water partition coefficient (Wildman–Crippen LogP) is 1.82. The second-order valence-electron chi connectivity index (χ2n) is 4.84. The molecule has 3 nitrogen and oxygen atoms in total. The molecule has 1 N–H and O–H groups in total. The highest BCUT2D eigenvalue weighted by Gasteiger charge is 2.16. The van der Waals surface area contributed by atoms with E-state index >= 15 is 0 Å². The van der Waals surface area contributed by atoms with E-state index in [4.69, 9.17) is 6.42 Å². The standard InChI is InChI=1S/C16H20N2O/c1-3-9-18(10-4-2)16(19)14-6-5-13-7-8-17-12-15(13)11-14/h1,5-6,11,17H,4,7-10,12H2,2H3. The molecule has 0 bridgehead atoms. The molecule has 1 amide bonds. The minimum absolute atomic E-state index is 0.0353. The number of carbonyl (C=O) groups excluding carboxylic acids is 1. The van der Waals surface area contributed by atoms with Crippen molar-refractivity contribution in [1.82, 2.24) is 10.2 Å². The van der Waals surface area contributed by atoms with E-state index in [2.05, 4.69) is 17.3 Å². The van der Waals surface area contributed by atoms with Crippen LogP contribution in [0.5, 0.6) is 0 Å². The van der Waals surface area contributed by atoms with Crippen molar-refractivity contribution in [1.29, 1.82) is 0 Å². The van der Waals surface area contributed by atoms with Gasteiger partial charge in [0.1, 0.15) is 0 Å². The number of nitrogens with one attached hydrogen (secondary N) is 1. The molecular weight excluding hydrogens is 236 g/mol. The number of amides is 1. The van der Waals surface area contributed by atoms with Gasteiger partial charge in [-0.05, 0) is 42.6 Å². The molecule has 0 saturated carbocycles. The molecule has 1 heterocycles. The zero-order valence-electron chi connectivity index (χ0n) is 11.4. The Kier molecular flexibility index (Phi) is 4.59. The normalized spacial score (nSPS) is 13.5. The largest absolute Gasteiger partial charge is 0.328 e. The van der Waals surface area contributed by atoms with Crippen LogP contribution in [0.1, 0.15) is 34.8 Å². The minimum Gasteiger partial charge on any atom is -0.328 e. The van der Waals surface area contributed by atoms with Gasteiger partial charge in [0.25, 0.3) is 5.91 Å². The van der Waals surface area contributed by atoms with E-state index in [0.717, 1.165) is 31.5 Å². The third-order valence-corrected chi connectivity index (χ3v) is 3.40. The Bertz CT molecular complexity index is 502. The highest BCUT2D eigenvalue weighted by molar-refractivity contribution is 5.94.